The number of hydrogen-bond acceptors (Lipinski definition) is 6. The van der Waals surface area contributed by atoms with E-state index in [-0.39, 0.29) is 12.2 Å². The van der Waals surface area contributed by atoms with Gasteiger partial charge in [-0.15, -0.1) is 0 Å². The number of rotatable bonds is 6. The molecule has 0 saturated carbocycles. The molecular formula is C22H17F3N2O5. The molecule has 0 atom stereocenters. The molecule has 0 bridgehead atoms. The lowest BCUT2D eigenvalue weighted by molar-refractivity contribution is -0.137. The molecule has 0 radical (unpaired) electrons. The normalized spacial score (nSPS) is 11.5. The lowest BCUT2D eigenvalue weighted by Gasteiger charge is -2.10. The van der Waals surface area contributed by atoms with Crippen LogP contribution in [0.15, 0.2) is 65.8 Å². The molecule has 0 unspecified atom stereocenters. The number of hydrazone groups is 1. The number of amides is 1. The number of hydrogen-bond donors (Lipinski definition) is 4. The van der Waals surface area contributed by atoms with Crippen molar-refractivity contribution in [1.29, 1.82) is 0 Å². The van der Waals surface area contributed by atoms with Crippen LogP contribution in [0.1, 0.15) is 27.0 Å². The molecule has 4 N–H and O–H groups in total. The zero-order valence-electron chi connectivity index (χ0n) is 16.3. The molecule has 0 aromatic heterocycles. The van der Waals surface area contributed by atoms with Crippen LogP contribution < -0.4 is 10.2 Å². The van der Waals surface area contributed by atoms with Crippen LogP contribution in [0.5, 0.6) is 23.0 Å². The topological polar surface area (TPSA) is 111 Å². The highest BCUT2D eigenvalue weighted by molar-refractivity contribution is 5.96. The zero-order valence-corrected chi connectivity index (χ0v) is 16.3. The SMILES string of the molecule is O=C(N/N=C/c1ccc(OCc2cccc(C(F)(F)F)c2)cc1)c1cc(O)c(O)c(O)c1. The van der Waals surface area contributed by atoms with Crippen LogP contribution in [-0.4, -0.2) is 27.4 Å². The zero-order chi connectivity index (χ0) is 23.3. The number of phenols is 3. The van der Waals surface area contributed by atoms with Gasteiger partial charge in [0.05, 0.1) is 11.8 Å². The van der Waals surface area contributed by atoms with E-state index in [4.69, 9.17) is 4.74 Å². The summed E-state index contributed by atoms with van der Waals surface area (Å²) in [4.78, 5) is 12.0. The minimum absolute atomic E-state index is 0.0419. The van der Waals surface area contributed by atoms with Gasteiger partial charge in [0.15, 0.2) is 17.2 Å². The number of carbonyl (C=O) groups excluding carboxylic acids is 1. The van der Waals surface area contributed by atoms with Crippen molar-refractivity contribution in [3.8, 4) is 23.0 Å². The van der Waals surface area contributed by atoms with Crippen LogP contribution in [-0.2, 0) is 12.8 Å². The Labute approximate surface area is 180 Å². The largest absolute Gasteiger partial charge is 0.504 e. The molecule has 10 heteroatoms. The molecule has 3 aromatic carbocycles. The molecule has 32 heavy (non-hydrogen) atoms. The second-order valence-electron chi connectivity index (χ2n) is 6.62. The average Bonchev–Trinajstić information content (AvgIpc) is 2.76. The predicted octanol–water partition coefficient (Wildman–Crippen LogP) is 4.17. The molecule has 166 valence electrons. The van der Waals surface area contributed by atoms with Crippen molar-refractivity contribution in [3.63, 3.8) is 0 Å². The highest BCUT2D eigenvalue weighted by Crippen LogP contribution is 2.35. The third-order valence-electron chi connectivity index (χ3n) is 4.25. The smallest absolute Gasteiger partial charge is 0.416 e. The van der Waals surface area contributed by atoms with Gasteiger partial charge in [-0.2, -0.15) is 18.3 Å². The van der Waals surface area contributed by atoms with Crippen LogP contribution in [0.2, 0.25) is 0 Å². The summed E-state index contributed by atoms with van der Waals surface area (Å²) in [5, 5.41) is 31.9. The second-order valence-corrected chi connectivity index (χ2v) is 6.62. The van der Waals surface area contributed by atoms with Crippen molar-refractivity contribution < 1.29 is 38.0 Å². The van der Waals surface area contributed by atoms with Gasteiger partial charge in [-0.1, -0.05) is 12.1 Å². The van der Waals surface area contributed by atoms with E-state index in [1.54, 1.807) is 24.3 Å². The van der Waals surface area contributed by atoms with E-state index in [9.17, 15) is 33.3 Å². The standard InChI is InChI=1S/C22H17F3N2O5/c23-22(24,25)16-3-1-2-14(8-16)12-32-17-6-4-13(5-7-17)11-26-27-21(31)15-9-18(28)20(30)19(29)10-15/h1-11,28-30H,12H2,(H,27,31)/b26-11+. The monoisotopic (exact) mass is 446 g/mol. The highest BCUT2D eigenvalue weighted by Gasteiger charge is 2.30. The van der Waals surface area contributed by atoms with Crippen LogP contribution in [0.3, 0.4) is 0 Å². The summed E-state index contributed by atoms with van der Waals surface area (Å²) in [5.74, 6) is -2.34. The van der Waals surface area contributed by atoms with Gasteiger partial charge in [-0.25, -0.2) is 5.43 Å². The van der Waals surface area contributed by atoms with Crippen LogP contribution in [0, 0.1) is 0 Å². The fraction of sp³-hybridized carbons (Fsp3) is 0.0909. The lowest BCUT2D eigenvalue weighted by atomic mass is 10.1. The van der Waals surface area contributed by atoms with Crippen LogP contribution in [0.4, 0.5) is 13.2 Å². The van der Waals surface area contributed by atoms with Crippen molar-refractivity contribution in [3.05, 3.63) is 82.9 Å². The molecule has 1 amide bonds. The van der Waals surface area contributed by atoms with E-state index in [0.717, 1.165) is 24.3 Å². The number of halogens is 3. The third kappa shape index (κ3) is 5.69. The minimum Gasteiger partial charge on any atom is -0.504 e. The first kappa shape index (κ1) is 22.5. The number of nitrogens with zero attached hydrogens (tertiary/aromatic N) is 1. The fourth-order valence-electron chi connectivity index (χ4n) is 2.62. The molecule has 0 aliphatic rings. The maximum Gasteiger partial charge on any atom is 0.416 e. The molecule has 0 heterocycles. The van der Waals surface area contributed by atoms with Gasteiger partial charge < -0.3 is 20.1 Å². The van der Waals surface area contributed by atoms with Gasteiger partial charge in [-0.05, 0) is 59.7 Å². The summed E-state index contributed by atoms with van der Waals surface area (Å²) in [5.41, 5.74) is 2.31. The molecule has 0 fully saturated rings. The number of benzene rings is 3. The van der Waals surface area contributed by atoms with Crippen LogP contribution in [0.25, 0.3) is 0 Å². The summed E-state index contributed by atoms with van der Waals surface area (Å²) < 4.78 is 43.8. The van der Waals surface area contributed by atoms with Gasteiger partial charge in [0.25, 0.3) is 5.91 Å². The molecule has 3 rings (SSSR count). The maximum atomic E-state index is 12.8. The molecule has 0 spiro atoms. The second kappa shape index (κ2) is 9.29. The maximum absolute atomic E-state index is 12.8. The minimum atomic E-state index is -4.42. The Kier molecular flexibility index (Phi) is 6.53. The molecule has 0 aliphatic carbocycles. The summed E-state index contributed by atoms with van der Waals surface area (Å²) >= 11 is 0. The fourth-order valence-corrected chi connectivity index (χ4v) is 2.62. The summed E-state index contributed by atoms with van der Waals surface area (Å²) in [7, 11) is 0. The number of phenolic OH excluding ortho intramolecular Hbond substituents is 3. The Morgan fingerprint density at radius 1 is 1.00 bits per heavy atom. The Morgan fingerprint density at radius 2 is 1.66 bits per heavy atom. The number of carbonyl (C=O) groups is 1. The van der Waals surface area contributed by atoms with Crippen molar-refractivity contribution in [2.24, 2.45) is 5.10 Å². The van der Waals surface area contributed by atoms with E-state index in [1.165, 1.54) is 18.3 Å². The Balaban J connectivity index is 1.56. The Bertz CT molecular complexity index is 1120. The molecule has 7 nitrogen and oxygen atoms in total. The molecule has 3 aromatic rings. The quantitative estimate of drug-likeness (QED) is 0.258. The predicted molar refractivity (Wildman–Crippen MR) is 109 cm³/mol. The number of nitrogens with one attached hydrogen (secondary N) is 1. The van der Waals surface area contributed by atoms with Gasteiger partial charge in [0, 0.05) is 5.56 Å². The number of alkyl halides is 3. The highest BCUT2D eigenvalue weighted by atomic mass is 19.4. The average molecular weight is 446 g/mol. The third-order valence-corrected chi connectivity index (χ3v) is 4.25. The van der Waals surface area contributed by atoms with Crippen LogP contribution >= 0.6 is 0 Å². The number of aromatic hydroxyl groups is 3. The van der Waals surface area contributed by atoms with Gasteiger partial charge in [-0.3, -0.25) is 4.79 Å². The van der Waals surface area contributed by atoms with E-state index in [2.05, 4.69) is 10.5 Å². The molecule has 0 saturated heterocycles. The van der Waals surface area contributed by atoms with Crippen molar-refractivity contribution >= 4 is 12.1 Å². The molecule has 0 aliphatic heterocycles. The first-order valence-electron chi connectivity index (χ1n) is 9.11. The first-order valence-corrected chi connectivity index (χ1v) is 9.11. The lowest BCUT2D eigenvalue weighted by Crippen LogP contribution is -2.17. The van der Waals surface area contributed by atoms with Crippen molar-refractivity contribution in [2.45, 2.75) is 12.8 Å². The summed E-state index contributed by atoms with van der Waals surface area (Å²) in [6.07, 6.45) is -3.09. The van der Waals surface area contributed by atoms with Gasteiger partial charge in [0.1, 0.15) is 12.4 Å². The molecular weight excluding hydrogens is 429 g/mol. The summed E-state index contributed by atoms with van der Waals surface area (Å²) in [6.45, 7) is -0.0419. The van der Waals surface area contributed by atoms with E-state index in [0.29, 0.717) is 16.9 Å². The van der Waals surface area contributed by atoms with Crippen molar-refractivity contribution in [2.75, 3.05) is 0 Å². The van der Waals surface area contributed by atoms with Crippen molar-refractivity contribution in [1.82, 2.24) is 5.43 Å². The first-order chi connectivity index (χ1) is 15.1. The van der Waals surface area contributed by atoms with Gasteiger partial charge in [0.2, 0.25) is 0 Å². The van der Waals surface area contributed by atoms with E-state index >= 15 is 0 Å². The van der Waals surface area contributed by atoms with Gasteiger partial charge >= 0.3 is 6.18 Å². The summed E-state index contributed by atoms with van der Waals surface area (Å²) in [6, 6.07) is 13.2. The Hall–Kier alpha value is -4.21. The number of ether oxygens (including phenoxy) is 1. The van der Waals surface area contributed by atoms with E-state index in [1.807, 2.05) is 0 Å². The Morgan fingerprint density at radius 3 is 2.28 bits per heavy atom. The van der Waals surface area contributed by atoms with E-state index < -0.39 is 34.9 Å².